The van der Waals surface area contributed by atoms with E-state index in [2.05, 4.69) is 4.98 Å². The van der Waals surface area contributed by atoms with E-state index in [1.54, 1.807) is 11.1 Å². The summed E-state index contributed by atoms with van der Waals surface area (Å²) >= 11 is 0. The van der Waals surface area contributed by atoms with Crippen molar-refractivity contribution >= 4 is 12.0 Å². The van der Waals surface area contributed by atoms with Crippen LogP contribution in [0, 0.1) is 0 Å². The third-order valence-electron chi connectivity index (χ3n) is 2.33. The van der Waals surface area contributed by atoms with Crippen LogP contribution in [0.4, 0.5) is 10.7 Å². The third-order valence-corrected chi connectivity index (χ3v) is 2.33. The van der Waals surface area contributed by atoms with Crippen LogP contribution >= 0.6 is 0 Å². The van der Waals surface area contributed by atoms with Crippen molar-refractivity contribution in [1.29, 1.82) is 0 Å². The van der Waals surface area contributed by atoms with Gasteiger partial charge in [-0.1, -0.05) is 13.8 Å². The summed E-state index contributed by atoms with van der Waals surface area (Å²) in [6.07, 6.45) is 4.20. The molecule has 0 radical (unpaired) electrons. The van der Waals surface area contributed by atoms with E-state index < -0.39 is 5.60 Å². The molecule has 102 valence electrons. The molecule has 1 aliphatic rings. The molecule has 18 heavy (non-hydrogen) atoms. The van der Waals surface area contributed by atoms with E-state index in [4.69, 9.17) is 4.74 Å². The van der Waals surface area contributed by atoms with Crippen molar-refractivity contribution < 1.29 is 9.53 Å². The van der Waals surface area contributed by atoms with Crippen LogP contribution in [0.3, 0.4) is 0 Å². The topological polar surface area (TPSA) is 47.4 Å². The van der Waals surface area contributed by atoms with Gasteiger partial charge in [0.2, 0.25) is 5.95 Å². The molecule has 5 nitrogen and oxygen atoms in total. The lowest BCUT2D eigenvalue weighted by atomic mass is 10.2. The highest BCUT2D eigenvalue weighted by Gasteiger charge is 2.28. The van der Waals surface area contributed by atoms with E-state index in [-0.39, 0.29) is 6.09 Å². The first-order valence-corrected chi connectivity index (χ1v) is 6.49. The van der Waals surface area contributed by atoms with Crippen LogP contribution in [-0.4, -0.2) is 27.8 Å². The fourth-order valence-electron chi connectivity index (χ4n) is 1.71. The standard InChI is InChI=1S/C11H17N3O2.C2H6/c1-11(2,3)16-10(15)14-7-4-6-13-8-5-12-9(13)14;1-2/h5,8H,4,6-7H2,1-3H3;1-2H3. The van der Waals surface area contributed by atoms with Crippen molar-refractivity contribution in [2.24, 2.45) is 0 Å². The van der Waals surface area contributed by atoms with E-state index in [1.807, 2.05) is 45.4 Å². The van der Waals surface area contributed by atoms with Gasteiger partial charge in [-0.2, -0.15) is 0 Å². The number of ether oxygens (including phenoxy) is 1. The molecule has 0 aromatic carbocycles. The number of aromatic nitrogens is 2. The Morgan fingerprint density at radius 3 is 2.61 bits per heavy atom. The Morgan fingerprint density at radius 2 is 2.00 bits per heavy atom. The maximum Gasteiger partial charge on any atom is 0.417 e. The molecule has 1 aliphatic heterocycles. The highest BCUT2D eigenvalue weighted by atomic mass is 16.6. The molecule has 2 rings (SSSR count). The number of carbonyl (C=O) groups is 1. The number of fused-ring (bicyclic) bond motifs is 1. The molecule has 0 bridgehead atoms. The Hall–Kier alpha value is -1.52. The minimum atomic E-state index is -0.466. The van der Waals surface area contributed by atoms with Crippen LogP contribution in [0.15, 0.2) is 12.4 Å². The largest absolute Gasteiger partial charge is 0.443 e. The van der Waals surface area contributed by atoms with E-state index in [0.717, 1.165) is 13.0 Å². The van der Waals surface area contributed by atoms with Gasteiger partial charge >= 0.3 is 6.09 Å². The van der Waals surface area contributed by atoms with Crippen molar-refractivity contribution in [3.05, 3.63) is 12.4 Å². The van der Waals surface area contributed by atoms with Gasteiger partial charge in [-0.15, -0.1) is 0 Å². The maximum atomic E-state index is 11.9. The zero-order valence-electron chi connectivity index (χ0n) is 11.9. The van der Waals surface area contributed by atoms with Crippen LogP contribution in [0.25, 0.3) is 0 Å². The van der Waals surface area contributed by atoms with Gasteiger partial charge in [-0.05, 0) is 27.2 Å². The fraction of sp³-hybridized carbons (Fsp3) is 0.692. The zero-order valence-corrected chi connectivity index (χ0v) is 11.9. The molecule has 0 saturated carbocycles. The first kappa shape index (κ1) is 14.5. The summed E-state index contributed by atoms with van der Waals surface area (Å²) in [6, 6.07) is 0. The second-order valence-electron chi connectivity index (χ2n) is 4.91. The zero-order chi connectivity index (χ0) is 13.8. The predicted octanol–water partition coefficient (Wildman–Crippen LogP) is 3.05. The quantitative estimate of drug-likeness (QED) is 0.714. The van der Waals surface area contributed by atoms with Gasteiger partial charge in [0.1, 0.15) is 5.60 Å². The normalized spacial score (nSPS) is 14.4. The minimum absolute atomic E-state index is 0.320. The molecule has 5 heteroatoms. The molecule has 1 amide bonds. The molecule has 1 aromatic heterocycles. The second-order valence-corrected chi connectivity index (χ2v) is 4.91. The smallest absolute Gasteiger partial charge is 0.417 e. The fourth-order valence-corrected chi connectivity index (χ4v) is 1.71. The Morgan fingerprint density at radius 1 is 1.33 bits per heavy atom. The van der Waals surface area contributed by atoms with Gasteiger partial charge in [0.25, 0.3) is 0 Å². The van der Waals surface area contributed by atoms with E-state index in [1.165, 1.54) is 0 Å². The molecule has 0 atom stereocenters. The lowest BCUT2D eigenvalue weighted by Crippen LogP contribution is -2.41. The summed E-state index contributed by atoms with van der Waals surface area (Å²) in [5, 5.41) is 0. The number of hydrogen-bond donors (Lipinski definition) is 0. The molecule has 1 aromatic rings. The van der Waals surface area contributed by atoms with Crippen LogP contribution in [0.5, 0.6) is 0 Å². The molecule has 0 spiro atoms. The lowest BCUT2D eigenvalue weighted by Gasteiger charge is -2.29. The first-order valence-electron chi connectivity index (χ1n) is 6.49. The summed E-state index contributed by atoms with van der Waals surface area (Å²) in [7, 11) is 0. The molecule has 0 aliphatic carbocycles. The molecule has 0 unspecified atom stereocenters. The van der Waals surface area contributed by atoms with Crippen LogP contribution in [0.1, 0.15) is 41.0 Å². The van der Waals surface area contributed by atoms with Gasteiger partial charge in [0.05, 0.1) is 0 Å². The van der Waals surface area contributed by atoms with Gasteiger partial charge in [0, 0.05) is 25.5 Å². The van der Waals surface area contributed by atoms with Crippen molar-refractivity contribution in [1.82, 2.24) is 9.55 Å². The number of anilines is 1. The van der Waals surface area contributed by atoms with Gasteiger partial charge in [-0.25, -0.2) is 14.7 Å². The summed E-state index contributed by atoms with van der Waals surface area (Å²) in [5.41, 5.74) is -0.466. The van der Waals surface area contributed by atoms with E-state index in [9.17, 15) is 4.79 Å². The second kappa shape index (κ2) is 5.89. The van der Waals surface area contributed by atoms with Crippen LogP contribution in [0.2, 0.25) is 0 Å². The lowest BCUT2D eigenvalue weighted by molar-refractivity contribution is 0.0572. The average Bonchev–Trinajstić information content (AvgIpc) is 2.76. The number of rotatable bonds is 0. The predicted molar refractivity (Wildman–Crippen MR) is 71.8 cm³/mol. The summed E-state index contributed by atoms with van der Waals surface area (Å²) in [6.45, 7) is 11.2. The highest BCUT2D eigenvalue weighted by Crippen LogP contribution is 2.20. The van der Waals surface area contributed by atoms with Crippen molar-refractivity contribution in [2.75, 3.05) is 11.4 Å². The van der Waals surface area contributed by atoms with Crippen molar-refractivity contribution in [3.8, 4) is 0 Å². The first-order chi connectivity index (χ1) is 8.47. The molecular formula is C13H23N3O2. The van der Waals surface area contributed by atoms with E-state index in [0.29, 0.717) is 12.5 Å². The highest BCUT2D eigenvalue weighted by molar-refractivity contribution is 5.86. The average molecular weight is 253 g/mol. The summed E-state index contributed by atoms with van der Waals surface area (Å²) < 4.78 is 7.30. The summed E-state index contributed by atoms with van der Waals surface area (Å²) in [5.74, 6) is 0.681. The number of imidazole rings is 1. The van der Waals surface area contributed by atoms with Crippen molar-refractivity contribution in [3.63, 3.8) is 0 Å². The van der Waals surface area contributed by atoms with E-state index >= 15 is 0 Å². The molecule has 0 saturated heterocycles. The monoisotopic (exact) mass is 253 g/mol. The minimum Gasteiger partial charge on any atom is -0.443 e. The molecule has 2 heterocycles. The van der Waals surface area contributed by atoms with Crippen LogP contribution < -0.4 is 4.90 Å². The summed E-state index contributed by atoms with van der Waals surface area (Å²) in [4.78, 5) is 17.7. The number of hydrogen-bond acceptors (Lipinski definition) is 3. The Balaban J connectivity index is 0.000000771. The Labute approximate surface area is 109 Å². The molecular weight excluding hydrogens is 230 g/mol. The van der Waals surface area contributed by atoms with Crippen LogP contribution in [-0.2, 0) is 11.3 Å². The Kier molecular flexibility index (Phi) is 4.76. The Bertz CT molecular complexity index is 393. The number of amides is 1. The van der Waals surface area contributed by atoms with Gasteiger partial charge in [-0.3, -0.25) is 0 Å². The van der Waals surface area contributed by atoms with Gasteiger partial charge in [0.15, 0.2) is 0 Å². The molecule has 0 fully saturated rings. The number of nitrogens with zero attached hydrogens (tertiary/aromatic N) is 3. The number of carbonyl (C=O) groups excluding carboxylic acids is 1. The van der Waals surface area contributed by atoms with Crippen molar-refractivity contribution in [2.45, 2.75) is 53.2 Å². The SMILES string of the molecule is CC.CC(C)(C)OC(=O)N1CCCn2ccnc21. The number of aryl methyl sites for hydroxylation is 1. The third kappa shape index (κ3) is 3.48. The molecule has 0 N–H and O–H groups in total. The van der Waals surface area contributed by atoms with Gasteiger partial charge < -0.3 is 9.30 Å². The maximum absolute atomic E-state index is 11.9.